The molecule has 0 aliphatic carbocycles. The molecule has 3 rings (SSSR count). The number of rotatable bonds is 5. The number of nitrogens with one attached hydrogen (secondary N) is 1. The number of amides is 1. The molecule has 4 nitrogen and oxygen atoms in total. The Bertz CT molecular complexity index is 710. The van der Waals surface area contributed by atoms with Crippen LogP contribution in [0.3, 0.4) is 0 Å². The summed E-state index contributed by atoms with van der Waals surface area (Å²) in [5, 5.41) is 3.44. The van der Waals surface area contributed by atoms with Crippen molar-refractivity contribution >= 4 is 29.0 Å². The Kier molecular flexibility index (Phi) is 6.00. The van der Waals surface area contributed by atoms with Crippen LogP contribution in [0.15, 0.2) is 53.4 Å². The van der Waals surface area contributed by atoms with Crippen LogP contribution in [0, 0.1) is 0 Å². The second-order valence-electron chi connectivity index (χ2n) is 6.26. The number of hydrogen-bond acceptors (Lipinski definition) is 4. The maximum atomic E-state index is 12.7. The van der Waals surface area contributed by atoms with Gasteiger partial charge in [-0.05, 0) is 36.4 Å². The van der Waals surface area contributed by atoms with Gasteiger partial charge >= 0.3 is 0 Å². The Balaban J connectivity index is 1.69. The van der Waals surface area contributed by atoms with Gasteiger partial charge in [-0.15, -0.1) is 11.8 Å². The summed E-state index contributed by atoms with van der Waals surface area (Å²) in [6, 6.07) is 15.8. The van der Waals surface area contributed by atoms with Crippen molar-refractivity contribution in [1.29, 1.82) is 0 Å². The summed E-state index contributed by atoms with van der Waals surface area (Å²) in [7, 11) is 0. The number of carbonyl (C=O) groups is 1. The van der Waals surface area contributed by atoms with E-state index in [1.807, 2.05) is 36.4 Å². The molecule has 0 unspecified atom stereocenters. The third-order valence-corrected chi connectivity index (χ3v) is 5.08. The highest BCUT2D eigenvalue weighted by molar-refractivity contribution is 8.00. The quantitative estimate of drug-likeness (QED) is 0.812. The predicted octanol–water partition coefficient (Wildman–Crippen LogP) is 4.28. The third kappa shape index (κ3) is 4.77. The third-order valence-electron chi connectivity index (χ3n) is 4.00. The van der Waals surface area contributed by atoms with Crippen LogP contribution >= 0.6 is 11.8 Å². The van der Waals surface area contributed by atoms with E-state index >= 15 is 0 Å². The fourth-order valence-corrected chi connectivity index (χ4v) is 3.74. The largest absolute Gasteiger partial charge is 0.378 e. The average molecular weight is 356 g/mol. The normalized spacial score (nSPS) is 14.6. The number of anilines is 2. The van der Waals surface area contributed by atoms with Gasteiger partial charge in [0.25, 0.3) is 5.91 Å². The predicted molar refractivity (Wildman–Crippen MR) is 105 cm³/mol. The van der Waals surface area contributed by atoms with E-state index in [1.54, 1.807) is 11.8 Å². The first kappa shape index (κ1) is 17.8. The van der Waals surface area contributed by atoms with E-state index in [4.69, 9.17) is 4.74 Å². The van der Waals surface area contributed by atoms with Gasteiger partial charge in [0, 0.05) is 34.6 Å². The van der Waals surface area contributed by atoms with Crippen molar-refractivity contribution in [3.8, 4) is 0 Å². The second kappa shape index (κ2) is 8.41. The van der Waals surface area contributed by atoms with Crippen molar-refractivity contribution in [2.75, 3.05) is 36.5 Å². The van der Waals surface area contributed by atoms with Crippen molar-refractivity contribution in [3.63, 3.8) is 0 Å². The Morgan fingerprint density at radius 2 is 1.76 bits per heavy atom. The van der Waals surface area contributed by atoms with Crippen molar-refractivity contribution in [1.82, 2.24) is 0 Å². The summed E-state index contributed by atoms with van der Waals surface area (Å²) < 4.78 is 5.38. The maximum Gasteiger partial charge on any atom is 0.256 e. The summed E-state index contributed by atoms with van der Waals surface area (Å²) in [6.07, 6.45) is 0. The number of hydrogen-bond donors (Lipinski definition) is 1. The summed E-state index contributed by atoms with van der Waals surface area (Å²) in [6.45, 7) is 7.61. The van der Waals surface area contributed by atoms with Gasteiger partial charge in [0.05, 0.1) is 18.8 Å². The molecule has 0 saturated carbocycles. The summed E-state index contributed by atoms with van der Waals surface area (Å²) >= 11 is 1.71. The van der Waals surface area contributed by atoms with E-state index in [1.165, 1.54) is 0 Å². The average Bonchev–Trinajstić information content (AvgIpc) is 2.63. The molecule has 1 heterocycles. The van der Waals surface area contributed by atoms with E-state index in [2.05, 4.69) is 36.2 Å². The van der Waals surface area contributed by atoms with Gasteiger partial charge in [-0.1, -0.05) is 26.0 Å². The van der Waals surface area contributed by atoms with Crippen LogP contribution in [0.25, 0.3) is 0 Å². The number of ether oxygens (including phenoxy) is 1. The van der Waals surface area contributed by atoms with E-state index in [0.717, 1.165) is 48.1 Å². The highest BCUT2D eigenvalue weighted by Gasteiger charge is 2.14. The van der Waals surface area contributed by atoms with Gasteiger partial charge in [0.2, 0.25) is 0 Å². The SMILES string of the molecule is CC(C)Sc1ccccc1C(=O)Nc1ccc(N2CCOCC2)cc1. The Labute approximate surface area is 153 Å². The van der Waals surface area contributed by atoms with E-state index < -0.39 is 0 Å². The van der Waals surface area contributed by atoms with Gasteiger partial charge in [0.1, 0.15) is 0 Å². The minimum Gasteiger partial charge on any atom is -0.378 e. The number of benzene rings is 2. The molecule has 1 aliphatic rings. The van der Waals surface area contributed by atoms with Crippen LogP contribution in [-0.2, 0) is 4.74 Å². The van der Waals surface area contributed by atoms with Crippen molar-refractivity contribution < 1.29 is 9.53 Å². The highest BCUT2D eigenvalue weighted by atomic mass is 32.2. The molecule has 1 amide bonds. The molecule has 0 aromatic heterocycles. The van der Waals surface area contributed by atoms with Crippen LogP contribution in [0.4, 0.5) is 11.4 Å². The van der Waals surface area contributed by atoms with Gasteiger partial charge < -0.3 is 15.0 Å². The maximum absolute atomic E-state index is 12.7. The first-order valence-electron chi connectivity index (χ1n) is 8.63. The first-order valence-corrected chi connectivity index (χ1v) is 9.51. The molecule has 5 heteroatoms. The molecule has 1 aliphatic heterocycles. The fourth-order valence-electron chi connectivity index (χ4n) is 2.79. The van der Waals surface area contributed by atoms with Crippen LogP contribution in [0.2, 0.25) is 0 Å². The molecule has 2 aromatic rings. The Morgan fingerprint density at radius 3 is 2.44 bits per heavy atom. The lowest BCUT2D eigenvalue weighted by Gasteiger charge is -2.28. The standard InChI is InChI=1S/C20H24N2O2S/c1-15(2)25-19-6-4-3-5-18(19)20(23)21-16-7-9-17(10-8-16)22-11-13-24-14-12-22/h3-10,15H,11-14H2,1-2H3,(H,21,23). The summed E-state index contributed by atoms with van der Waals surface area (Å²) in [5.74, 6) is -0.0668. The number of thioether (sulfide) groups is 1. The smallest absolute Gasteiger partial charge is 0.256 e. The first-order chi connectivity index (χ1) is 12.1. The number of carbonyl (C=O) groups excluding carboxylic acids is 1. The lowest BCUT2D eigenvalue weighted by molar-refractivity contribution is 0.102. The molecular formula is C20H24N2O2S. The second-order valence-corrected chi connectivity index (χ2v) is 7.88. The molecule has 0 spiro atoms. The van der Waals surface area contributed by atoms with Gasteiger partial charge in [0.15, 0.2) is 0 Å². The van der Waals surface area contributed by atoms with Crippen LogP contribution < -0.4 is 10.2 Å². The summed E-state index contributed by atoms with van der Waals surface area (Å²) in [5.41, 5.74) is 2.70. The zero-order valence-electron chi connectivity index (χ0n) is 14.7. The van der Waals surface area contributed by atoms with Gasteiger partial charge in [-0.25, -0.2) is 0 Å². The molecule has 1 fully saturated rings. The topological polar surface area (TPSA) is 41.6 Å². The minimum absolute atomic E-state index is 0.0668. The number of morpholine rings is 1. The minimum atomic E-state index is -0.0668. The van der Waals surface area contributed by atoms with Crippen LogP contribution in [0.5, 0.6) is 0 Å². The monoisotopic (exact) mass is 356 g/mol. The van der Waals surface area contributed by atoms with Crippen molar-refractivity contribution in [2.24, 2.45) is 0 Å². The molecular weight excluding hydrogens is 332 g/mol. The molecule has 1 saturated heterocycles. The molecule has 25 heavy (non-hydrogen) atoms. The fraction of sp³-hybridized carbons (Fsp3) is 0.350. The van der Waals surface area contributed by atoms with E-state index in [0.29, 0.717) is 5.25 Å². The zero-order valence-corrected chi connectivity index (χ0v) is 15.5. The molecule has 132 valence electrons. The van der Waals surface area contributed by atoms with Crippen LogP contribution in [-0.4, -0.2) is 37.5 Å². The van der Waals surface area contributed by atoms with E-state index in [-0.39, 0.29) is 5.91 Å². The van der Waals surface area contributed by atoms with Crippen molar-refractivity contribution in [2.45, 2.75) is 24.0 Å². The molecule has 0 radical (unpaired) electrons. The zero-order chi connectivity index (χ0) is 17.6. The Morgan fingerprint density at radius 1 is 1.08 bits per heavy atom. The lowest BCUT2D eigenvalue weighted by Crippen LogP contribution is -2.36. The molecule has 0 atom stereocenters. The highest BCUT2D eigenvalue weighted by Crippen LogP contribution is 2.27. The molecule has 1 N–H and O–H groups in total. The van der Waals surface area contributed by atoms with Crippen molar-refractivity contribution in [3.05, 3.63) is 54.1 Å². The Hall–Kier alpha value is -1.98. The van der Waals surface area contributed by atoms with Gasteiger partial charge in [-0.2, -0.15) is 0 Å². The number of nitrogens with zero attached hydrogens (tertiary/aromatic N) is 1. The van der Waals surface area contributed by atoms with Gasteiger partial charge in [-0.3, -0.25) is 4.79 Å². The molecule has 0 bridgehead atoms. The summed E-state index contributed by atoms with van der Waals surface area (Å²) in [4.78, 5) is 16.0. The lowest BCUT2D eigenvalue weighted by atomic mass is 10.2. The van der Waals surface area contributed by atoms with E-state index in [9.17, 15) is 4.79 Å². The molecule has 2 aromatic carbocycles. The van der Waals surface area contributed by atoms with Crippen LogP contribution in [0.1, 0.15) is 24.2 Å².